The second-order valence-electron chi connectivity index (χ2n) is 4.78. The van der Waals surface area contributed by atoms with E-state index in [0.717, 1.165) is 6.07 Å². The SMILES string of the molecule is CCN(Cc1c(OC)ccc(F)c1F)[C@@H]1COC[C@H]1O. The number of ether oxygens (including phenoxy) is 2. The maximum atomic E-state index is 14.0. The second kappa shape index (κ2) is 6.47. The predicted molar refractivity (Wildman–Crippen MR) is 69.6 cm³/mol. The van der Waals surface area contributed by atoms with Crippen molar-refractivity contribution in [2.24, 2.45) is 0 Å². The van der Waals surface area contributed by atoms with Crippen LogP contribution in [0.15, 0.2) is 12.1 Å². The van der Waals surface area contributed by atoms with Gasteiger partial charge in [0.05, 0.1) is 32.5 Å². The molecule has 0 spiro atoms. The highest BCUT2D eigenvalue weighted by atomic mass is 19.2. The first kappa shape index (κ1) is 15.2. The Morgan fingerprint density at radius 1 is 1.40 bits per heavy atom. The van der Waals surface area contributed by atoms with Crippen LogP contribution in [0, 0.1) is 11.6 Å². The maximum Gasteiger partial charge on any atom is 0.167 e. The van der Waals surface area contributed by atoms with Crippen molar-refractivity contribution in [2.45, 2.75) is 25.6 Å². The molecule has 2 atom stereocenters. The minimum atomic E-state index is -0.906. The van der Waals surface area contributed by atoms with Crippen molar-refractivity contribution < 1.29 is 23.4 Å². The topological polar surface area (TPSA) is 41.9 Å². The van der Waals surface area contributed by atoms with Gasteiger partial charge in [-0.2, -0.15) is 0 Å². The number of aliphatic hydroxyl groups excluding tert-OH is 1. The van der Waals surface area contributed by atoms with Gasteiger partial charge in [0.2, 0.25) is 0 Å². The minimum absolute atomic E-state index is 0.161. The van der Waals surface area contributed by atoms with Crippen molar-refractivity contribution >= 4 is 0 Å². The molecule has 1 heterocycles. The van der Waals surface area contributed by atoms with Gasteiger partial charge >= 0.3 is 0 Å². The van der Waals surface area contributed by atoms with E-state index in [9.17, 15) is 13.9 Å². The Bertz CT molecular complexity index is 470. The summed E-state index contributed by atoms with van der Waals surface area (Å²) in [7, 11) is 1.42. The molecule has 1 aromatic carbocycles. The summed E-state index contributed by atoms with van der Waals surface area (Å²) >= 11 is 0. The average molecular weight is 287 g/mol. The van der Waals surface area contributed by atoms with Crippen LogP contribution in [0.2, 0.25) is 0 Å². The molecule has 0 radical (unpaired) electrons. The Labute approximate surface area is 116 Å². The molecule has 0 unspecified atom stereocenters. The van der Waals surface area contributed by atoms with Gasteiger partial charge in [-0.15, -0.1) is 0 Å². The molecular formula is C14H19F2NO3. The molecule has 2 rings (SSSR count). The van der Waals surface area contributed by atoms with E-state index in [1.165, 1.54) is 13.2 Å². The Morgan fingerprint density at radius 3 is 2.70 bits per heavy atom. The van der Waals surface area contributed by atoms with Gasteiger partial charge in [0.15, 0.2) is 11.6 Å². The molecule has 1 saturated heterocycles. The molecule has 1 aliphatic rings. The van der Waals surface area contributed by atoms with Gasteiger partial charge in [-0.25, -0.2) is 8.78 Å². The molecule has 0 aromatic heterocycles. The van der Waals surface area contributed by atoms with Crippen LogP contribution in [-0.2, 0) is 11.3 Å². The van der Waals surface area contributed by atoms with Crippen molar-refractivity contribution in [3.8, 4) is 5.75 Å². The number of hydrogen-bond donors (Lipinski definition) is 1. The van der Waals surface area contributed by atoms with E-state index in [1.54, 1.807) is 0 Å². The van der Waals surface area contributed by atoms with Crippen molar-refractivity contribution in [1.82, 2.24) is 4.90 Å². The number of halogens is 2. The predicted octanol–water partition coefficient (Wildman–Crippen LogP) is 1.55. The third-order valence-electron chi connectivity index (χ3n) is 3.63. The van der Waals surface area contributed by atoms with E-state index in [4.69, 9.17) is 9.47 Å². The molecule has 6 heteroatoms. The van der Waals surface area contributed by atoms with Gasteiger partial charge in [0.1, 0.15) is 5.75 Å². The normalized spacial score (nSPS) is 22.5. The van der Waals surface area contributed by atoms with E-state index < -0.39 is 17.7 Å². The molecule has 1 aliphatic heterocycles. The largest absolute Gasteiger partial charge is 0.496 e. The van der Waals surface area contributed by atoms with Crippen molar-refractivity contribution in [3.05, 3.63) is 29.3 Å². The molecular weight excluding hydrogens is 268 g/mol. The number of hydrogen-bond acceptors (Lipinski definition) is 4. The van der Waals surface area contributed by atoms with Crippen molar-refractivity contribution in [1.29, 1.82) is 0 Å². The summed E-state index contributed by atoms with van der Waals surface area (Å²) in [6.07, 6.45) is -0.613. The highest BCUT2D eigenvalue weighted by Crippen LogP contribution is 2.27. The van der Waals surface area contributed by atoms with Gasteiger partial charge in [-0.05, 0) is 18.7 Å². The van der Waals surface area contributed by atoms with E-state index in [0.29, 0.717) is 18.9 Å². The number of likely N-dealkylation sites (N-methyl/N-ethyl adjacent to an activating group) is 1. The zero-order valence-electron chi connectivity index (χ0n) is 11.6. The molecule has 0 saturated carbocycles. The summed E-state index contributed by atoms with van der Waals surface area (Å²) in [5.41, 5.74) is 0.161. The second-order valence-corrected chi connectivity index (χ2v) is 4.78. The fraction of sp³-hybridized carbons (Fsp3) is 0.571. The third kappa shape index (κ3) is 2.92. The fourth-order valence-corrected chi connectivity index (χ4v) is 2.46. The quantitative estimate of drug-likeness (QED) is 0.892. The Kier molecular flexibility index (Phi) is 4.91. The van der Waals surface area contributed by atoms with Gasteiger partial charge < -0.3 is 14.6 Å². The Hall–Kier alpha value is -1.24. The summed E-state index contributed by atoms with van der Waals surface area (Å²) in [6, 6.07) is 2.23. The molecule has 112 valence electrons. The molecule has 1 N–H and O–H groups in total. The summed E-state index contributed by atoms with van der Waals surface area (Å²) in [4.78, 5) is 1.86. The number of aliphatic hydroxyl groups is 1. The molecule has 20 heavy (non-hydrogen) atoms. The summed E-state index contributed by atoms with van der Waals surface area (Å²) in [6.45, 7) is 3.30. The zero-order chi connectivity index (χ0) is 14.7. The van der Waals surface area contributed by atoms with Crippen LogP contribution in [0.4, 0.5) is 8.78 Å². The lowest BCUT2D eigenvalue weighted by atomic mass is 10.1. The van der Waals surface area contributed by atoms with Gasteiger partial charge in [0, 0.05) is 12.1 Å². The lowest BCUT2D eigenvalue weighted by Crippen LogP contribution is -2.42. The van der Waals surface area contributed by atoms with Gasteiger partial charge in [0.25, 0.3) is 0 Å². The molecule has 1 fully saturated rings. The zero-order valence-corrected chi connectivity index (χ0v) is 11.6. The average Bonchev–Trinajstić information content (AvgIpc) is 2.87. The van der Waals surface area contributed by atoms with Crippen LogP contribution in [0.25, 0.3) is 0 Å². The number of benzene rings is 1. The van der Waals surface area contributed by atoms with E-state index in [1.807, 2.05) is 11.8 Å². The molecule has 0 amide bonds. The van der Waals surface area contributed by atoms with Crippen molar-refractivity contribution in [3.63, 3.8) is 0 Å². The molecule has 0 aliphatic carbocycles. The van der Waals surface area contributed by atoms with Crippen LogP contribution in [0.3, 0.4) is 0 Å². The maximum absolute atomic E-state index is 14.0. The lowest BCUT2D eigenvalue weighted by molar-refractivity contribution is 0.0795. The van der Waals surface area contributed by atoms with Crippen LogP contribution in [0.5, 0.6) is 5.75 Å². The molecule has 1 aromatic rings. The number of rotatable bonds is 5. The smallest absolute Gasteiger partial charge is 0.167 e. The number of methoxy groups -OCH3 is 1. The first-order valence-electron chi connectivity index (χ1n) is 6.59. The Morgan fingerprint density at radius 2 is 2.15 bits per heavy atom. The van der Waals surface area contributed by atoms with Crippen molar-refractivity contribution in [2.75, 3.05) is 26.9 Å². The van der Waals surface area contributed by atoms with E-state index >= 15 is 0 Å². The number of nitrogens with zero attached hydrogens (tertiary/aromatic N) is 1. The fourth-order valence-electron chi connectivity index (χ4n) is 2.46. The van der Waals surface area contributed by atoms with Gasteiger partial charge in [-0.1, -0.05) is 6.92 Å². The van der Waals surface area contributed by atoms with E-state index in [-0.39, 0.29) is 24.8 Å². The van der Waals surface area contributed by atoms with Gasteiger partial charge in [-0.3, -0.25) is 4.90 Å². The van der Waals surface area contributed by atoms with Crippen LogP contribution < -0.4 is 4.74 Å². The third-order valence-corrected chi connectivity index (χ3v) is 3.63. The monoisotopic (exact) mass is 287 g/mol. The summed E-state index contributed by atoms with van der Waals surface area (Å²) in [5, 5.41) is 9.85. The first-order valence-corrected chi connectivity index (χ1v) is 6.59. The molecule has 4 nitrogen and oxygen atoms in total. The standard InChI is InChI=1S/C14H19F2NO3/c1-3-17(11-7-20-8-12(11)18)6-9-13(19-2)5-4-10(15)14(9)16/h4-5,11-12,18H,3,6-8H2,1-2H3/t11-,12-/m1/s1. The minimum Gasteiger partial charge on any atom is -0.496 e. The van der Waals surface area contributed by atoms with Crippen LogP contribution in [-0.4, -0.2) is 49.0 Å². The summed E-state index contributed by atoms with van der Waals surface area (Å²) in [5.74, 6) is -1.51. The lowest BCUT2D eigenvalue weighted by Gasteiger charge is -2.29. The highest BCUT2D eigenvalue weighted by molar-refractivity contribution is 5.35. The summed E-state index contributed by atoms with van der Waals surface area (Å²) < 4.78 is 37.6. The first-order chi connectivity index (χ1) is 9.58. The van der Waals surface area contributed by atoms with Crippen LogP contribution in [0.1, 0.15) is 12.5 Å². The Balaban J connectivity index is 2.25. The van der Waals surface area contributed by atoms with Crippen LogP contribution >= 0.6 is 0 Å². The van der Waals surface area contributed by atoms with E-state index in [2.05, 4.69) is 0 Å². The highest BCUT2D eigenvalue weighted by Gasteiger charge is 2.32. The molecule has 0 bridgehead atoms.